The summed E-state index contributed by atoms with van der Waals surface area (Å²) in [6.45, 7) is 3.62. The van der Waals surface area contributed by atoms with Crippen molar-refractivity contribution in [2.24, 2.45) is 0 Å². The van der Waals surface area contributed by atoms with Gasteiger partial charge in [-0.1, -0.05) is 0 Å². The number of aliphatic hydroxyl groups excluding tert-OH is 1. The number of nitrogens with zero attached hydrogens (tertiary/aromatic N) is 2. The lowest BCUT2D eigenvalue weighted by Crippen LogP contribution is -1.81. The number of hydrogen-bond acceptors (Lipinski definition) is 6. The van der Waals surface area contributed by atoms with E-state index in [9.17, 15) is 10.2 Å². The molecule has 1 rings (SSSR count). The summed E-state index contributed by atoms with van der Waals surface area (Å²) in [7, 11) is 1.00. The fraction of sp³-hybridized carbons (Fsp3) is 0.154. The zero-order chi connectivity index (χ0) is 15.4. The average molecular weight is 262 g/mol. The first-order valence-corrected chi connectivity index (χ1v) is 4.86. The molecule has 0 amide bonds. The molecule has 0 unspecified atom stereocenters. The number of carbonyl (C=O) groups is 1. The molecule has 0 bridgehead atoms. The number of hydrogen-bond donors (Lipinski definition) is 3. The molecule has 100 valence electrons. The maximum absolute atomic E-state index is 9.29. The molecule has 6 nitrogen and oxygen atoms in total. The lowest BCUT2D eigenvalue weighted by molar-refractivity contribution is -0.0979. The number of allylic oxidation sites excluding steroid dienone is 1. The molecule has 0 aliphatic carbocycles. The standard InChI is InChI=1S/C11H8N2O2.CH4O.CH2O/c1-7-2-8(3-9(5-12)6-13)4-10(14)11(7)15;2*1-2/h2-4,14-15H,1H3;2H,1H3;1H2. The number of aliphatic hydroxyl groups is 1. The van der Waals surface area contributed by atoms with Gasteiger partial charge < -0.3 is 20.1 Å². The van der Waals surface area contributed by atoms with Crippen LogP contribution in [0.4, 0.5) is 0 Å². The van der Waals surface area contributed by atoms with Crippen LogP contribution in [0.15, 0.2) is 17.7 Å². The van der Waals surface area contributed by atoms with Crippen molar-refractivity contribution in [3.8, 4) is 23.6 Å². The Labute approximate surface area is 111 Å². The molecular weight excluding hydrogens is 248 g/mol. The first-order chi connectivity index (χ1) is 9.08. The maximum Gasteiger partial charge on any atom is 0.160 e. The number of aromatic hydroxyl groups is 2. The first-order valence-electron chi connectivity index (χ1n) is 4.86. The Morgan fingerprint density at radius 1 is 1.21 bits per heavy atom. The third-order valence-electron chi connectivity index (χ3n) is 1.85. The lowest BCUT2D eigenvalue weighted by Gasteiger charge is -2.03. The number of aryl methyl sites for hydroxylation is 1. The zero-order valence-corrected chi connectivity index (χ0v) is 10.6. The van der Waals surface area contributed by atoms with Crippen molar-refractivity contribution < 1.29 is 20.1 Å². The van der Waals surface area contributed by atoms with Crippen LogP contribution < -0.4 is 0 Å². The molecule has 0 atom stereocenters. The molecule has 3 N–H and O–H groups in total. The normalized spacial score (nSPS) is 7.42. The summed E-state index contributed by atoms with van der Waals surface area (Å²) in [5, 5.41) is 42.6. The number of rotatable bonds is 1. The third kappa shape index (κ3) is 5.87. The van der Waals surface area contributed by atoms with Crippen LogP contribution in [-0.2, 0) is 4.79 Å². The van der Waals surface area contributed by atoms with Crippen LogP contribution in [0.25, 0.3) is 6.08 Å². The molecule has 0 radical (unpaired) electrons. The summed E-state index contributed by atoms with van der Waals surface area (Å²) >= 11 is 0. The highest BCUT2D eigenvalue weighted by atomic mass is 16.3. The van der Waals surface area contributed by atoms with Gasteiger partial charge in [0.1, 0.15) is 24.5 Å². The van der Waals surface area contributed by atoms with Gasteiger partial charge in [0.15, 0.2) is 11.5 Å². The quantitative estimate of drug-likeness (QED) is 0.516. The van der Waals surface area contributed by atoms with E-state index in [-0.39, 0.29) is 17.1 Å². The van der Waals surface area contributed by atoms with Gasteiger partial charge in [-0.05, 0) is 36.3 Å². The number of phenols is 2. The Hall–Kier alpha value is -2.83. The van der Waals surface area contributed by atoms with E-state index in [0.29, 0.717) is 11.1 Å². The minimum absolute atomic E-state index is 0.0560. The Kier molecular flexibility index (Phi) is 10.1. The van der Waals surface area contributed by atoms with Crippen LogP contribution >= 0.6 is 0 Å². The van der Waals surface area contributed by atoms with Gasteiger partial charge in [0, 0.05) is 7.11 Å². The molecule has 0 aliphatic heterocycles. The van der Waals surface area contributed by atoms with Crippen LogP contribution in [0.2, 0.25) is 0 Å². The highest BCUT2D eigenvalue weighted by molar-refractivity contribution is 5.65. The third-order valence-corrected chi connectivity index (χ3v) is 1.85. The fourth-order valence-corrected chi connectivity index (χ4v) is 1.13. The second-order valence-electron chi connectivity index (χ2n) is 2.99. The highest BCUT2D eigenvalue weighted by Gasteiger charge is 2.04. The maximum atomic E-state index is 9.29. The van der Waals surface area contributed by atoms with Gasteiger partial charge in [-0.2, -0.15) is 10.5 Å². The minimum atomic E-state index is -0.267. The predicted octanol–water partition coefficient (Wildman–Crippen LogP) is 1.26. The molecule has 0 spiro atoms. The van der Waals surface area contributed by atoms with Gasteiger partial charge in [-0.3, -0.25) is 0 Å². The van der Waals surface area contributed by atoms with Gasteiger partial charge >= 0.3 is 0 Å². The van der Waals surface area contributed by atoms with Crippen LogP contribution in [0.3, 0.4) is 0 Å². The number of benzene rings is 1. The molecule has 6 heteroatoms. The molecular formula is C13H14N2O4. The second kappa shape index (κ2) is 10.3. The molecule has 0 aliphatic rings. The summed E-state index contributed by atoms with van der Waals surface area (Å²) in [6.07, 6.45) is 1.34. The van der Waals surface area contributed by atoms with E-state index in [1.165, 1.54) is 12.1 Å². The van der Waals surface area contributed by atoms with Crippen molar-refractivity contribution >= 4 is 12.9 Å². The zero-order valence-electron chi connectivity index (χ0n) is 10.6. The van der Waals surface area contributed by atoms with Crippen molar-refractivity contribution in [1.82, 2.24) is 0 Å². The van der Waals surface area contributed by atoms with Crippen LogP contribution in [-0.4, -0.2) is 29.2 Å². The Balaban J connectivity index is 0. The van der Waals surface area contributed by atoms with Gasteiger partial charge in [0.2, 0.25) is 0 Å². The Morgan fingerprint density at radius 2 is 1.68 bits per heavy atom. The Morgan fingerprint density at radius 3 is 2.05 bits per heavy atom. The smallest absolute Gasteiger partial charge is 0.160 e. The summed E-state index contributed by atoms with van der Waals surface area (Å²) in [4.78, 5) is 8.00. The van der Waals surface area contributed by atoms with Crippen LogP contribution in [0.1, 0.15) is 11.1 Å². The van der Waals surface area contributed by atoms with Crippen molar-refractivity contribution in [3.63, 3.8) is 0 Å². The van der Waals surface area contributed by atoms with E-state index in [1.54, 1.807) is 25.1 Å². The largest absolute Gasteiger partial charge is 0.504 e. The Bertz CT molecular complexity index is 485. The summed E-state index contributed by atoms with van der Waals surface area (Å²) in [5.41, 5.74) is 0.928. The monoisotopic (exact) mass is 262 g/mol. The van der Waals surface area contributed by atoms with Gasteiger partial charge in [0.05, 0.1) is 0 Å². The van der Waals surface area contributed by atoms with Crippen molar-refractivity contribution in [2.75, 3.05) is 7.11 Å². The van der Waals surface area contributed by atoms with Gasteiger partial charge in [0.25, 0.3) is 0 Å². The predicted molar refractivity (Wildman–Crippen MR) is 69.0 cm³/mol. The van der Waals surface area contributed by atoms with Gasteiger partial charge in [-0.15, -0.1) is 0 Å². The van der Waals surface area contributed by atoms with Gasteiger partial charge in [-0.25, -0.2) is 0 Å². The minimum Gasteiger partial charge on any atom is -0.504 e. The van der Waals surface area contributed by atoms with E-state index >= 15 is 0 Å². The fourth-order valence-electron chi connectivity index (χ4n) is 1.13. The van der Waals surface area contributed by atoms with E-state index in [4.69, 9.17) is 20.4 Å². The molecule has 0 saturated heterocycles. The summed E-state index contributed by atoms with van der Waals surface area (Å²) in [5.74, 6) is -0.459. The number of carbonyl (C=O) groups excluding carboxylic acids is 1. The second-order valence-corrected chi connectivity index (χ2v) is 2.99. The lowest BCUT2D eigenvalue weighted by atomic mass is 10.1. The summed E-state index contributed by atoms with van der Waals surface area (Å²) in [6, 6.07) is 6.28. The molecule has 1 aromatic carbocycles. The first kappa shape index (κ1) is 18.5. The molecule has 0 heterocycles. The van der Waals surface area contributed by atoms with E-state index in [2.05, 4.69) is 0 Å². The van der Waals surface area contributed by atoms with E-state index in [0.717, 1.165) is 7.11 Å². The molecule has 19 heavy (non-hydrogen) atoms. The van der Waals surface area contributed by atoms with E-state index < -0.39 is 0 Å². The topological polar surface area (TPSA) is 125 Å². The van der Waals surface area contributed by atoms with Crippen molar-refractivity contribution in [3.05, 3.63) is 28.8 Å². The van der Waals surface area contributed by atoms with Crippen molar-refractivity contribution in [1.29, 1.82) is 10.5 Å². The van der Waals surface area contributed by atoms with Crippen molar-refractivity contribution in [2.45, 2.75) is 6.92 Å². The van der Waals surface area contributed by atoms with Crippen LogP contribution in [0.5, 0.6) is 11.5 Å². The SMILES string of the molecule is C=O.CO.Cc1cc(C=C(C#N)C#N)cc(O)c1O. The van der Waals surface area contributed by atoms with E-state index in [1.807, 2.05) is 6.79 Å². The number of phenolic OH excluding ortho intramolecular Hbond substituents is 2. The molecule has 1 aromatic rings. The summed E-state index contributed by atoms with van der Waals surface area (Å²) < 4.78 is 0. The van der Waals surface area contributed by atoms with Crippen LogP contribution in [0, 0.1) is 29.6 Å². The molecule has 0 aromatic heterocycles. The molecule has 0 fully saturated rings. The molecule has 0 saturated carbocycles. The highest BCUT2D eigenvalue weighted by Crippen LogP contribution is 2.30. The average Bonchev–Trinajstić information content (AvgIpc) is 2.46. The number of nitriles is 2.